The highest BCUT2D eigenvalue weighted by atomic mass is 16.6. The van der Waals surface area contributed by atoms with Crippen molar-refractivity contribution in [3.05, 3.63) is 37.2 Å². The largest absolute Gasteiger partial charge is 0.438 e. The van der Waals surface area contributed by atoms with E-state index in [0.717, 1.165) is 6.42 Å². The summed E-state index contributed by atoms with van der Waals surface area (Å²) in [5.74, 6) is -0.388. The van der Waals surface area contributed by atoms with E-state index in [-0.39, 0.29) is 12.2 Å². The summed E-state index contributed by atoms with van der Waals surface area (Å²) in [5, 5.41) is 0. The van der Waals surface area contributed by atoms with Crippen LogP contribution < -0.4 is 0 Å². The number of nitrogens with zero attached hydrogens (tertiary/aromatic N) is 1. The predicted molar refractivity (Wildman–Crippen MR) is 50.0 cm³/mol. The van der Waals surface area contributed by atoms with Gasteiger partial charge in [0.1, 0.15) is 0 Å². The van der Waals surface area contributed by atoms with Crippen LogP contribution in [0.3, 0.4) is 0 Å². The fourth-order valence-electron chi connectivity index (χ4n) is 1.08. The third kappa shape index (κ3) is 2.47. The summed E-state index contributed by atoms with van der Waals surface area (Å²) in [5.41, 5.74) is 0. The van der Waals surface area contributed by atoms with Crippen molar-refractivity contribution < 1.29 is 9.53 Å². The maximum Gasteiger partial charge on any atom is 0.332 e. The predicted octanol–water partition coefficient (Wildman–Crippen LogP) is 2.13. The number of carbonyl (C=O) groups excluding carboxylic acids is 1. The van der Waals surface area contributed by atoms with Gasteiger partial charge in [-0.3, -0.25) is 0 Å². The Labute approximate surface area is 77.6 Å². The Morgan fingerprint density at radius 3 is 2.69 bits per heavy atom. The summed E-state index contributed by atoms with van der Waals surface area (Å²) in [4.78, 5) is 10.9. The summed E-state index contributed by atoms with van der Waals surface area (Å²) >= 11 is 0. The molecule has 1 unspecified atom stereocenters. The Balaban J connectivity index is 2.63. The molecule has 0 spiro atoms. The minimum atomic E-state index is -0.388. The molecule has 0 fully saturated rings. The molecule has 0 aromatic carbocycles. The van der Waals surface area contributed by atoms with Crippen molar-refractivity contribution in [3.8, 4) is 0 Å². The SMILES string of the molecule is C=CC(=O)OC(CC)n1cccc1. The summed E-state index contributed by atoms with van der Waals surface area (Å²) in [6, 6.07) is 3.79. The molecule has 0 saturated carbocycles. The maximum absolute atomic E-state index is 10.9. The van der Waals surface area contributed by atoms with E-state index in [1.165, 1.54) is 6.08 Å². The van der Waals surface area contributed by atoms with Gasteiger partial charge in [-0.05, 0) is 12.1 Å². The van der Waals surface area contributed by atoms with E-state index in [2.05, 4.69) is 6.58 Å². The molecule has 3 nitrogen and oxygen atoms in total. The van der Waals surface area contributed by atoms with Gasteiger partial charge < -0.3 is 9.30 Å². The molecule has 13 heavy (non-hydrogen) atoms. The monoisotopic (exact) mass is 179 g/mol. The van der Waals surface area contributed by atoms with Crippen LogP contribution in [-0.4, -0.2) is 10.5 Å². The van der Waals surface area contributed by atoms with Gasteiger partial charge in [0.15, 0.2) is 6.23 Å². The van der Waals surface area contributed by atoms with Gasteiger partial charge in [0.05, 0.1) is 0 Å². The molecule has 1 atom stereocenters. The number of esters is 1. The average Bonchev–Trinajstić information content (AvgIpc) is 2.66. The van der Waals surface area contributed by atoms with Crippen LogP contribution in [-0.2, 0) is 9.53 Å². The third-order valence-electron chi connectivity index (χ3n) is 1.73. The number of hydrogen-bond acceptors (Lipinski definition) is 2. The molecule has 0 radical (unpaired) electrons. The second-order valence-corrected chi connectivity index (χ2v) is 2.63. The minimum Gasteiger partial charge on any atom is -0.438 e. The number of carbonyl (C=O) groups is 1. The Morgan fingerprint density at radius 2 is 2.23 bits per heavy atom. The molecule has 1 aromatic heterocycles. The van der Waals surface area contributed by atoms with Crippen LogP contribution in [0.5, 0.6) is 0 Å². The summed E-state index contributed by atoms with van der Waals surface area (Å²) in [6.45, 7) is 5.30. The Bertz CT molecular complexity index is 277. The number of rotatable bonds is 4. The molecule has 70 valence electrons. The molecule has 0 N–H and O–H groups in total. The van der Waals surface area contributed by atoms with Crippen molar-refractivity contribution in [1.82, 2.24) is 4.57 Å². The van der Waals surface area contributed by atoms with Gasteiger partial charge in [0.2, 0.25) is 0 Å². The molecule has 0 aliphatic carbocycles. The van der Waals surface area contributed by atoms with E-state index in [1.54, 1.807) is 0 Å². The van der Waals surface area contributed by atoms with Crippen molar-refractivity contribution in [2.45, 2.75) is 19.6 Å². The van der Waals surface area contributed by atoms with Crippen molar-refractivity contribution in [3.63, 3.8) is 0 Å². The molecular formula is C10H13NO2. The highest BCUT2D eigenvalue weighted by Gasteiger charge is 2.10. The highest BCUT2D eigenvalue weighted by Crippen LogP contribution is 2.13. The standard InChI is InChI=1S/C10H13NO2/c1-3-9(13-10(12)4-2)11-7-5-6-8-11/h4-9H,2-3H2,1H3. The zero-order valence-electron chi connectivity index (χ0n) is 7.64. The fraction of sp³-hybridized carbons (Fsp3) is 0.300. The van der Waals surface area contributed by atoms with Gasteiger partial charge in [-0.1, -0.05) is 13.5 Å². The first-order valence-corrected chi connectivity index (χ1v) is 4.23. The van der Waals surface area contributed by atoms with E-state index < -0.39 is 0 Å². The van der Waals surface area contributed by atoms with Crippen LogP contribution in [0.25, 0.3) is 0 Å². The van der Waals surface area contributed by atoms with E-state index in [4.69, 9.17) is 4.74 Å². The van der Waals surface area contributed by atoms with Gasteiger partial charge >= 0.3 is 5.97 Å². The number of aromatic nitrogens is 1. The first-order chi connectivity index (χ1) is 6.27. The summed E-state index contributed by atoms with van der Waals surface area (Å²) < 4.78 is 6.95. The minimum absolute atomic E-state index is 0.222. The Kier molecular flexibility index (Phi) is 3.31. The molecule has 1 heterocycles. The number of ether oxygens (including phenoxy) is 1. The normalized spacial score (nSPS) is 12.1. The molecule has 3 heteroatoms. The molecule has 0 bridgehead atoms. The van der Waals surface area contributed by atoms with Crippen LogP contribution in [0.15, 0.2) is 37.2 Å². The lowest BCUT2D eigenvalue weighted by Crippen LogP contribution is -2.13. The highest BCUT2D eigenvalue weighted by molar-refractivity contribution is 5.81. The summed E-state index contributed by atoms with van der Waals surface area (Å²) in [7, 11) is 0. The first kappa shape index (κ1) is 9.58. The smallest absolute Gasteiger partial charge is 0.332 e. The summed E-state index contributed by atoms with van der Waals surface area (Å²) in [6.07, 6.45) is 5.43. The average molecular weight is 179 g/mol. The van der Waals surface area contributed by atoms with Gasteiger partial charge in [-0.2, -0.15) is 0 Å². The van der Waals surface area contributed by atoms with Crippen molar-refractivity contribution in [1.29, 1.82) is 0 Å². The topological polar surface area (TPSA) is 31.2 Å². The first-order valence-electron chi connectivity index (χ1n) is 4.23. The van der Waals surface area contributed by atoms with Gasteiger partial charge in [0, 0.05) is 24.9 Å². The number of hydrogen-bond donors (Lipinski definition) is 0. The molecule has 0 aliphatic heterocycles. The van der Waals surface area contributed by atoms with Gasteiger partial charge in [-0.25, -0.2) is 4.79 Å². The Hall–Kier alpha value is -1.51. The van der Waals surface area contributed by atoms with E-state index in [9.17, 15) is 4.79 Å². The van der Waals surface area contributed by atoms with Crippen LogP contribution in [0.1, 0.15) is 19.6 Å². The molecule has 0 amide bonds. The van der Waals surface area contributed by atoms with E-state index >= 15 is 0 Å². The van der Waals surface area contributed by atoms with Crippen LogP contribution in [0.2, 0.25) is 0 Å². The zero-order chi connectivity index (χ0) is 9.68. The quantitative estimate of drug-likeness (QED) is 0.523. The second kappa shape index (κ2) is 4.50. The lowest BCUT2D eigenvalue weighted by Gasteiger charge is -2.16. The molecular weight excluding hydrogens is 166 g/mol. The second-order valence-electron chi connectivity index (χ2n) is 2.63. The van der Waals surface area contributed by atoms with Crippen LogP contribution >= 0.6 is 0 Å². The fourth-order valence-corrected chi connectivity index (χ4v) is 1.08. The third-order valence-corrected chi connectivity index (χ3v) is 1.73. The zero-order valence-corrected chi connectivity index (χ0v) is 7.64. The lowest BCUT2D eigenvalue weighted by molar-refractivity contribution is -0.147. The van der Waals surface area contributed by atoms with Crippen molar-refractivity contribution >= 4 is 5.97 Å². The Morgan fingerprint density at radius 1 is 1.62 bits per heavy atom. The van der Waals surface area contributed by atoms with Gasteiger partial charge in [0.25, 0.3) is 0 Å². The lowest BCUT2D eigenvalue weighted by atomic mass is 10.4. The molecule has 1 rings (SSSR count). The van der Waals surface area contributed by atoms with Crippen LogP contribution in [0, 0.1) is 0 Å². The maximum atomic E-state index is 10.9. The van der Waals surface area contributed by atoms with Gasteiger partial charge in [-0.15, -0.1) is 0 Å². The van der Waals surface area contributed by atoms with E-state index in [1.807, 2.05) is 36.0 Å². The molecule has 1 aromatic rings. The molecule has 0 saturated heterocycles. The van der Waals surface area contributed by atoms with Crippen molar-refractivity contribution in [2.75, 3.05) is 0 Å². The van der Waals surface area contributed by atoms with Crippen LogP contribution in [0.4, 0.5) is 0 Å². The molecule has 0 aliphatic rings. The van der Waals surface area contributed by atoms with Crippen molar-refractivity contribution in [2.24, 2.45) is 0 Å². The van der Waals surface area contributed by atoms with E-state index in [0.29, 0.717) is 0 Å².